The predicted octanol–water partition coefficient (Wildman–Crippen LogP) is 2.54. The van der Waals surface area contributed by atoms with E-state index >= 15 is 0 Å². The van der Waals surface area contributed by atoms with Crippen molar-refractivity contribution >= 4 is 40.6 Å². The van der Waals surface area contributed by atoms with Crippen molar-refractivity contribution < 1.29 is 9.59 Å². The monoisotopic (exact) mass is 422 g/mol. The number of nitrogens with one attached hydrogen (secondary N) is 2. The van der Waals surface area contributed by atoms with Gasteiger partial charge in [-0.1, -0.05) is 30.3 Å². The molecule has 3 aromatic rings. The predicted molar refractivity (Wildman–Crippen MR) is 118 cm³/mol. The second kappa shape index (κ2) is 8.23. The van der Waals surface area contributed by atoms with Crippen molar-refractivity contribution in [1.82, 2.24) is 14.9 Å². The zero-order chi connectivity index (χ0) is 21.3. The van der Waals surface area contributed by atoms with Crippen LogP contribution in [0.1, 0.15) is 18.9 Å². The highest BCUT2D eigenvalue weighted by molar-refractivity contribution is 7.71. The summed E-state index contributed by atoms with van der Waals surface area (Å²) in [5, 5.41) is 3.26. The first-order chi connectivity index (χ1) is 14.5. The highest BCUT2D eigenvalue weighted by Gasteiger charge is 2.28. The third-order valence-electron chi connectivity index (χ3n) is 5.35. The van der Waals surface area contributed by atoms with Crippen molar-refractivity contribution in [2.75, 3.05) is 11.4 Å². The number of benzene rings is 2. The number of rotatable bonds is 5. The molecule has 7 nitrogen and oxygen atoms in total. The first-order valence-corrected chi connectivity index (χ1v) is 10.3. The highest BCUT2D eigenvalue weighted by atomic mass is 32.1. The lowest BCUT2D eigenvalue weighted by molar-refractivity contribution is -0.127. The van der Waals surface area contributed by atoms with Crippen LogP contribution in [0.2, 0.25) is 0 Å². The molecular formula is C22H22N4O3S. The van der Waals surface area contributed by atoms with Gasteiger partial charge in [0.05, 0.1) is 10.9 Å². The van der Waals surface area contributed by atoms with Gasteiger partial charge in [0.15, 0.2) is 4.77 Å². The lowest BCUT2D eigenvalue weighted by Crippen LogP contribution is -2.46. The van der Waals surface area contributed by atoms with Gasteiger partial charge in [-0.25, -0.2) is 0 Å². The van der Waals surface area contributed by atoms with Gasteiger partial charge in [-0.05, 0) is 49.3 Å². The zero-order valence-electron chi connectivity index (χ0n) is 16.6. The summed E-state index contributed by atoms with van der Waals surface area (Å²) in [7, 11) is 0. The van der Waals surface area contributed by atoms with Gasteiger partial charge in [0, 0.05) is 25.2 Å². The van der Waals surface area contributed by atoms with Crippen LogP contribution >= 0.6 is 12.2 Å². The maximum absolute atomic E-state index is 12.8. The Kier molecular flexibility index (Phi) is 5.50. The molecule has 8 heteroatoms. The number of fused-ring (bicyclic) bond motifs is 2. The Balaban J connectivity index is 1.41. The maximum Gasteiger partial charge on any atom is 0.262 e. The Hall–Kier alpha value is -3.26. The fraction of sp³-hybridized carbons (Fsp3) is 0.273. The average Bonchev–Trinajstić information content (AvgIpc) is 3.17. The van der Waals surface area contributed by atoms with Crippen LogP contribution in [0.3, 0.4) is 0 Å². The second-order valence-electron chi connectivity index (χ2n) is 7.34. The molecule has 0 saturated heterocycles. The average molecular weight is 423 g/mol. The third kappa shape index (κ3) is 3.78. The van der Waals surface area contributed by atoms with E-state index in [2.05, 4.69) is 10.3 Å². The molecule has 0 aliphatic carbocycles. The maximum atomic E-state index is 12.8. The molecule has 2 amide bonds. The molecule has 2 N–H and O–H groups in total. The SMILES string of the molecule is CC(NC(=O)CCn1c(=S)[nH]c2ccccc2c1=O)C(=O)N1CCc2ccccc21. The smallest absolute Gasteiger partial charge is 0.262 e. The summed E-state index contributed by atoms with van der Waals surface area (Å²) < 4.78 is 1.64. The molecule has 4 rings (SSSR count). The summed E-state index contributed by atoms with van der Waals surface area (Å²) in [5.74, 6) is -0.453. The van der Waals surface area contributed by atoms with Crippen LogP contribution in [-0.2, 0) is 22.6 Å². The van der Waals surface area contributed by atoms with E-state index in [1.165, 1.54) is 4.57 Å². The lowest BCUT2D eigenvalue weighted by Gasteiger charge is -2.22. The van der Waals surface area contributed by atoms with E-state index < -0.39 is 6.04 Å². The van der Waals surface area contributed by atoms with Gasteiger partial charge in [0.2, 0.25) is 11.8 Å². The largest absolute Gasteiger partial charge is 0.345 e. The number of H-pyrrole nitrogens is 1. The van der Waals surface area contributed by atoms with E-state index in [1.54, 1.807) is 30.0 Å². The topological polar surface area (TPSA) is 87.2 Å². The fourth-order valence-corrected chi connectivity index (χ4v) is 4.08. The summed E-state index contributed by atoms with van der Waals surface area (Å²) in [6.07, 6.45) is 0.857. The molecule has 1 atom stereocenters. The van der Waals surface area contributed by atoms with Crippen LogP contribution in [0.15, 0.2) is 53.3 Å². The van der Waals surface area contributed by atoms with Crippen LogP contribution in [0, 0.1) is 4.77 Å². The van der Waals surface area contributed by atoms with Crippen molar-refractivity contribution in [1.29, 1.82) is 0 Å². The summed E-state index contributed by atoms with van der Waals surface area (Å²) in [5.41, 5.74) is 2.46. The van der Waals surface area contributed by atoms with Crippen molar-refractivity contribution in [2.24, 2.45) is 0 Å². The molecular weight excluding hydrogens is 400 g/mol. The third-order valence-corrected chi connectivity index (χ3v) is 5.68. The second-order valence-corrected chi connectivity index (χ2v) is 7.73. The van der Waals surface area contributed by atoms with Crippen LogP contribution < -0.4 is 15.8 Å². The van der Waals surface area contributed by atoms with E-state index in [0.29, 0.717) is 17.4 Å². The van der Waals surface area contributed by atoms with Crippen LogP contribution in [0.4, 0.5) is 5.69 Å². The number of para-hydroxylation sites is 2. The molecule has 1 aromatic heterocycles. The van der Waals surface area contributed by atoms with Gasteiger partial charge >= 0.3 is 0 Å². The number of nitrogens with zero attached hydrogens (tertiary/aromatic N) is 2. The molecule has 1 aliphatic rings. The number of hydrogen-bond acceptors (Lipinski definition) is 4. The molecule has 0 saturated carbocycles. The minimum absolute atomic E-state index is 0.0456. The summed E-state index contributed by atoms with van der Waals surface area (Å²) >= 11 is 5.27. The Morgan fingerprint density at radius 1 is 1.17 bits per heavy atom. The zero-order valence-corrected chi connectivity index (χ0v) is 17.4. The van der Waals surface area contributed by atoms with Crippen LogP contribution in [0.5, 0.6) is 0 Å². The molecule has 30 heavy (non-hydrogen) atoms. The molecule has 1 unspecified atom stereocenters. The number of aromatic amines is 1. The summed E-state index contributed by atoms with van der Waals surface area (Å²) in [6.45, 7) is 2.42. The first-order valence-electron chi connectivity index (χ1n) is 9.86. The van der Waals surface area contributed by atoms with Crippen molar-refractivity contribution in [3.8, 4) is 0 Å². The van der Waals surface area contributed by atoms with Crippen LogP contribution in [-0.4, -0.2) is 34.0 Å². The van der Waals surface area contributed by atoms with Crippen molar-refractivity contribution in [3.63, 3.8) is 0 Å². The molecule has 0 bridgehead atoms. The summed E-state index contributed by atoms with van der Waals surface area (Å²) in [4.78, 5) is 42.6. The van der Waals surface area contributed by atoms with Gasteiger partial charge in [0.25, 0.3) is 5.56 Å². The minimum Gasteiger partial charge on any atom is -0.345 e. The molecule has 2 heterocycles. The highest BCUT2D eigenvalue weighted by Crippen LogP contribution is 2.27. The number of hydrogen-bond donors (Lipinski definition) is 2. The number of anilines is 1. The first kappa shape index (κ1) is 20.0. The van der Waals surface area contributed by atoms with E-state index in [9.17, 15) is 14.4 Å². The normalized spacial score (nSPS) is 13.8. The molecule has 0 radical (unpaired) electrons. The van der Waals surface area contributed by atoms with Crippen LogP contribution in [0.25, 0.3) is 10.9 Å². The molecule has 154 valence electrons. The van der Waals surface area contributed by atoms with Crippen molar-refractivity contribution in [2.45, 2.75) is 32.4 Å². The van der Waals surface area contributed by atoms with Gasteiger partial charge < -0.3 is 15.2 Å². The Morgan fingerprint density at radius 2 is 1.90 bits per heavy atom. The number of amides is 2. The van der Waals surface area contributed by atoms with E-state index in [-0.39, 0.29) is 35.1 Å². The minimum atomic E-state index is -0.661. The molecule has 0 fully saturated rings. The number of carbonyl (C=O) groups is 2. The van der Waals surface area contributed by atoms with Gasteiger partial charge in [-0.3, -0.25) is 19.0 Å². The molecule has 1 aliphatic heterocycles. The number of carbonyl (C=O) groups excluding carboxylic acids is 2. The lowest BCUT2D eigenvalue weighted by atomic mass is 10.2. The van der Waals surface area contributed by atoms with Gasteiger partial charge in [-0.2, -0.15) is 0 Å². The van der Waals surface area contributed by atoms with Gasteiger partial charge in [-0.15, -0.1) is 0 Å². The number of aromatic nitrogens is 2. The van der Waals surface area contributed by atoms with E-state index in [1.807, 2.05) is 30.3 Å². The Morgan fingerprint density at radius 3 is 2.73 bits per heavy atom. The standard InChI is InChI=1S/C22H22N4O3S/c1-14(20(28)25-12-10-15-6-2-5-9-18(15)25)23-19(27)11-13-26-21(29)16-7-3-4-8-17(16)24-22(26)30/h2-9,14H,10-13H2,1H3,(H,23,27)(H,24,30). The van der Waals surface area contributed by atoms with Gasteiger partial charge in [0.1, 0.15) is 6.04 Å². The summed E-state index contributed by atoms with van der Waals surface area (Å²) in [6, 6.07) is 14.2. The Bertz CT molecular complexity index is 1250. The Labute approximate surface area is 178 Å². The quantitative estimate of drug-likeness (QED) is 0.619. The fourth-order valence-electron chi connectivity index (χ4n) is 3.79. The van der Waals surface area contributed by atoms with Crippen molar-refractivity contribution in [3.05, 3.63) is 69.2 Å². The molecule has 2 aromatic carbocycles. The van der Waals surface area contributed by atoms with E-state index in [0.717, 1.165) is 17.7 Å². The molecule has 0 spiro atoms. The van der Waals surface area contributed by atoms with E-state index in [4.69, 9.17) is 12.2 Å².